The van der Waals surface area contributed by atoms with Crippen molar-refractivity contribution < 1.29 is 76.2 Å². The minimum absolute atomic E-state index is 0. The van der Waals surface area contributed by atoms with E-state index in [9.17, 15) is 42.3 Å². The molecule has 3 rings (SSSR count). The number of nitrogens with one attached hydrogen (secondary N) is 2. The van der Waals surface area contributed by atoms with Crippen molar-refractivity contribution in [3.8, 4) is 0 Å². The van der Waals surface area contributed by atoms with Crippen LogP contribution in [0.4, 0.5) is 10.8 Å². The Kier molecular flexibility index (Phi) is 11.1. The van der Waals surface area contributed by atoms with Crippen LogP contribution in [0.25, 0.3) is 0 Å². The summed E-state index contributed by atoms with van der Waals surface area (Å²) >= 11 is 0.907. The zero-order chi connectivity index (χ0) is 30.7. The van der Waals surface area contributed by atoms with E-state index in [-0.39, 0.29) is 57.0 Å². The van der Waals surface area contributed by atoms with Gasteiger partial charge in [0, 0.05) is 24.6 Å². The number of ether oxygens (including phenoxy) is 1. The number of amides is 3. The number of nitrogens with zero attached hydrogens (tertiary/aromatic N) is 4. The van der Waals surface area contributed by atoms with Gasteiger partial charge in [-0.2, -0.15) is 0 Å². The van der Waals surface area contributed by atoms with Crippen LogP contribution in [0.1, 0.15) is 25.1 Å². The van der Waals surface area contributed by atoms with Gasteiger partial charge >= 0.3 is 35.5 Å². The second-order valence-corrected chi connectivity index (χ2v) is 10.9. The fourth-order valence-electron chi connectivity index (χ4n) is 3.30. The number of benzene rings is 1. The van der Waals surface area contributed by atoms with Crippen molar-refractivity contribution in [3.63, 3.8) is 0 Å². The van der Waals surface area contributed by atoms with Crippen molar-refractivity contribution >= 4 is 61.9 Å². The van der Waals surface area contributed by atoms with Crippen LogP contribution < -0.4 is 45.9 Å². The Morgan fingerprint density at radius 3 is 2.38 bits per heavy atom. The average Bonchev–Trinajstić information content (AvgIpc) is 3.33. The average molecular weight is 636 g/mol. The third-order valence-corrected chi connectivity index (χ3v) is 7.01. The van der Waals surface area contributed by atoms with E-state index >= 15 is 0 Å². The van der Waals surface area contributed by atoms with Crippen molar-refractivity contribution in [3.05, 3.63) is 51.0 Å². The molecule has 1 fully saturated rings. The number of non-ortho nitro benzene ring substituents is 1. The first-order chi connectivity index (χ1) is 19.1. The summed E-state index contributed by atoms with van der Waals surface area (Å²) < 4.78 is 39.2. The summed E-state index contributed by atoms with van der Waals surface area (Å²) in [5.41, 5.74) is 3.34. The van der Waals surface area contributed by atoms with Crippen LogP contribution in [0.2, 0.25) is 0 Å². The normalized spacial score (nSPS) is 16.9. The Labute approximate surface area is 263 Å². The number of aromatic nitrogens is 1. The SMILES string of the molecule is CNC(=O)[C@H]1[C@@H](NC(=O)/C(=N\OC(C)(C)C(=O)OCc2ccc([N+](=O)[O-])cc2)c2csc(N)n2)C(=O)N1S(=O)(=O)[O-].[Na+]. The second-order valence-electron chi connectivity index (χ2n) is 8.71. The number of esters is 1. The number of carbonyl (C=O) groups is 4. The van der Waals surface area contributed by atoms with Crippen molar-refractivity contribution in [2.45, 2.75) is 38.1 Å². The number of nitrogen functional groups attached to an aromatic ring is 1. The molecule has 2 heterocycles. The van der Waals surface area contributed by atoms with Gasteiger partial charge in [-0.3, -0.25) is 24.5 Å². The Morgan fingerprint density at radius 2 is 1.88 bits per heavy atom. The number of nitro groups is 1. The molecule has 2 atom stereocenters. The van der Waals surface area contributed by atoms with Gasteiger partial charge in [0.25, 0.3) is 17.5 Å². The molecular formula is C21H22N7NaO11S2. The molecule has 1 aromatic carbocycles. The van der Waals surface area contributed by atoms with E-state index in [2.05, 4.69) is 20.8 Å². The molecule has 42 heavy (non-hydrogen) atoms. The predicted molar refractivity (Wildman–Crippen MR) is 137 cm³/mol. The molecule has 0 spiro atoms. The van der Waals surface area contributed by atoms with Gasteiger partial charge in [-0.1, -0.05) is 5.16 Å². The molecule has 3 amide bonds. The molecule has 220 valence electrons. The first-order valence-electron chi connectivity index (χ1n) is 11.3. The Bertz CT molecular complexity index is 1530. The van der Waals surface area contributed by atoms with E-state index in [1.807, 2.05) is 0 Å². The third kappa shape index (κ3) is 7.77. The Balaban J connectivity index is 0.00000616. The van der Waals surface area contributed by atoms with Gasteiger partial charge in [0.05, 0.1) is 4.92 Å². The van der Waals surface area contributed by atoms with Crippen LogP contribution in [0.5, 0.6) is 0 Å². The first kappa shape index (κ1) is 34.5. The van der Waals surface area contributed by atoms with Crippen LogP contribution in [0, 0.1) is 10.1 Å². The summed E-state index contributed by atoms with van der Waals surface area (Å²) in [5, 5.41) is 20.0. The minimum Gasteiger partial charge on any atom is -0.731 e. The van der Waals surface area contributed by atoms with Crippen molar-refractivity contribution in [2.24, 2.45) is 5.16 Å². The number of rotatable bonds is 11. The van der Waals surface area contributed by atoms with Crippen molar-refractivity contribution in [1.29, 1.82) is 0 Å². The number of hydrogen-bond acceptors (Lipinski definition) is 15. The second kappa shape index (κ2) is 13.5. The number of anilines is 1. The van der Waals surface area contributed by atoms with E-state index < -0.39 is 62.3 Å². The fourth-order valence-corrected chi connectivity index (χ4v) is 4.68. The van der Waals surface area contributed by atoms with Crippen molar-refractivity contribution in [2.75, 3.05) is 12.8 Å². The number of β-lactam (4-membered cyclic amide) rings is 1. The molecule has 1 aliphatic rings. The topological polar surface area (TPSA) is 266 Å². The molecular weight excluding hydrogens is 613 g/mol. The van der Waals surface area contributed by atoms with E-state index in [0.717, 1.165) is 18.4 Å². The third-order valence-electron chi connectivity index (χ3n) is 5.45. The summed E-state index contributed by atoms with van der Waals surface area (Å²) in [6.07, 6.45) is 0. The summed E-state index contributed by atoms with van der Waals surface area (Å²) in [6, 6.07) is 1.61. The molecule has 1 saturated heterocycles. The van der Waals surface area contributed by atoms with Crippen LogP contribution >= 0.6 is 11.3 Å². The largest absolute Gasteiger partial charge is 1.00 e. The zero-order valence-electron chi connectivity index (χ0n) is 22.4. The maximum Gasteiger partial charge on any atom is 1.00 e. The Morgan fingerprint density at radius 1 is 1.26 bits per heavy atom. The van der Waals surface area contributed by atoms with Gasteiger partial charge < -0.3 is 30.5 Å². The van der Waals surface area contributed by atoms with E-state index in [4.69, 9.17) is 15.3 Å². The number of nitrogens with two attached hydrogens (primary N) is 1. The van der Waals surface area contributed by atoms with Gasteiger partial charge in [0.15, 0.2) is 27.2 Å². The fraction of sp³-hybridized carbons (Fsp3) is 0.333. The van der Waals surface area contributed by atoms with Crippen LogP contribution in [0.15, 0.2) is 34.8 Å². The summed E-state index contributed by atoms with van der Waals surface area (Å²) in [5.74, 6) is -4.53. The molecule has 2 aromatic rings. The predicted octanol–water partition coefficient (Wildman–Crippen LogP) is -4.22. The molecule has 1 aliphatic heterocycles. The van der Waals surface area contributed by atoms with Gasteiger partial charge in [0.1, 0.15) is 18.3 Å². The molecule has 4 N–H and O–H groups in total. The van der Waals surface area contributed by atoms with E-state index in [1.54, 1.807) is 0 Å². The van der Waals surface area contributed by atoms with Crippen LogP contribution in [-0.4, -0.2) is 81.3 Å². The number of likely N-dealkylation sites (N-methyl/N-ethyl adjacent to an activating group) is 1. The maximum absolute atomic E-state index is 13.1. The van der Waals surface area contributed by atoms with E-state index in [0.29, 0.717) is 5.56 Å². The summed E-state index contributed by atoms with van der Waals surface area (Å²) in [4.78, 5) is 69.6. The number of oxime groups is 1. The van der Waals surface area contributed by atoms with Gasteiger partial charge in [-0.15, -0.1) is 11.3 Å². The van der Waals surface area contributed by atoms with Crippen LogP contribution in [0.3, 0.4) is 0 Å². The molecule has 21 heteroatoms. The number of hydrogen-bond donors (Lipinski definition) is 3. The van der Waals surface area contributed by atoms with Crippen LogP contribution in [-0.2, 0) is 45.7 Å². The molecule has 1 aromatic heterocycles. The minimum atomic E-state index is -5.37. The molecule has 0 unspecified atom stereocenters. The molecule has 18 nitrogen and oxygen atoms in total. The number of nitro benzene ring substituents is 1. The monoisotopic (exact) mass is 635 g/mol. The zero-order valence-corrected chi connectivity index (χ0v) is 26.1. The molecule has 0 aliphatic carbocycles. The number of thiazole rings is 1. The van der Waals surface area contributed by atoms with Gasteiger partial charge in [0.2, 0.25) is 11.5 Å². The van der Waals surface area contributed by atoms with E-state index in [1.165, 1.54) is 43.5 Å². The Hall–Kier alpha value is -3.69. The quantitative estimate of drug-likeness (QED) is 0.0402. The van der Waals surface area contributed by atoms with Gasteiger partial charge in [-0.05, 0) is 31.5 Å². The van der Waals surface area contributed by atoms with Gasteiger partial charge in [-0.25, -0.2) is 22.5 Å². The first-order valence-corrected chi connectivity index (χ1v) is 13.5. The molecule has 0 radical (unpaired) electrons. The van der Waals surface area contributed by atoms with Crippen molar-refractivity contribution in [1.82, 2.24) is 19.9 Å². The summed E-state index contributed by atoms with van der Waals surface area (Å²) in [6.45, 7) is 2.24. The maximum atomic E-state index is 13.1. The summed E-state index contributed by atoms with van der Waals surface area (Å²) in [7, 11) is -4.24. The molecule has 0 saturated carbocycles. The molecule has 0 bridgehead atoms. The number of carbonyl (C=O) groups excluding carboxylic acids is 4. The standard InChI is InChI=1S/C21H23N7O11S2.Na/c1-21(2,19(32)38-8-10-4-6-11(7-5-10)28(33)34)39-26-13(12-9-40-20(22)24-12)16(29)25-14-15(17(30)23-3)27(18(14)31)41(35,36)37;/h4-7,9,14-15H,8H2,1-3H3,(H2,22,24)(H,23,30)(H,25,29)(H,35,36,37);/q;+1/p-1/b26-13-;/t14-,15-;/m1./s1. The smallest absolute Gasteiger partial charge is 0.731 e.